The van der Waals surface area contributed by atoms with Crippen molar-refractivity contribution in [2.24, 2.45) is 5.73 Å². The number of fused-ring (bicyclic) bond motifs is 2. The summed E-state index contributed by atoms with van der Waals surface area (Å²) in [6.45, 7) is 1.26. The Morgan fingerprint density at radius 3 is 1.60 bits per heavy atom. The Balaban J connectivity index is 0.000000530. The number of aliphatic carboxylic acids is 1. The number of aromatic amines is 2. The number of halogens is 1. The molecule has 0 unspecified atom stereocenters. The van der Waals surface area contributed by atoms with Crippen LogP contribution in [0.4, 0.5) is 4.39 Å². The second-order valence-electron chi connectivity index (χ2n) is 13.7. The van der Waals surface area contributed by atoms with Crippen molar-refractivity contribution in [3.63, 3.8) is 0 Å². The molecule has 6 rings (SSSR count). The molecule has 0 spiro atoms. The number of carbonyl (C=O) groups is 2. The number of carbonyl (C=O) groups excluding carboxylic acids is 1. The fourth-order valence-corrected chi connectivity index (χ4v) is 6.68. The van der Waals surface area contributed by atoms with E-state index in [1.54, 1.807) is 50.6 Å². The van der Waals surface area contributed by atoms with Crippen LogP contribution in [0, 0.1) is 23.7 Å². The molecule has 0 fully saturated rings. The predicted molar refractivity (Wildman–Crippen MR) is 276 cm³/mol. The molecular weight excluding hydrogens is 892 g/mol. The number of nitrogens with two attached hydrogens (primary N) is 1. The van der Waals surface area contributed by atoms with Crippen molar-refractivity contribution in [1.82, 2.24) is 25.3 Å². The van der Waals surface area contributed by atoms with E-state index in [1.807, 2.05) is 42.8 Å². The fraction of sp³-hybridized carbons (Fsp3) is 0.333. The number of nitrogens with zero attached hydrogens (tertiary/aromatic N) is 2. The highest BCUT2D eigenvalue weighted by atomic mass is 32.1. The lowest BCUT2D eigenvalue weighted by atomic mass is 10.0. The van der Waals surface area contributed by atoms with Gasteiger partial charge in [0.05, 0.1) is 37.0 Å². The van der Waals surface area contributed by atoms with Gasteiger partial charge < -0.3 is 45.1 Å². The van der Waals surface area contributed by atoms with Gasteiger partial charge in [-0.1, -0.05) is 51.1 Å². The highest BCUT2D eigenvalue weighted by molar-refractivity contribution is 7.80. The van der Waals surface area contributed by atoms with Crippen LogP contribution in [0.1, 0.15) is 77.0 Å². The van der Waals surface area contributed by atoms with Gasteiger partial charge in [0.15, 0.2) is 23.0 Å². The first kappa shape index (κ1) is 56.3. The number of ether oxygens (including phenoxy) is 4. The monoisotopic (exact) mass is 955 g/mol. The highest BCUT2D eigenvalue weighted by Crippen LogP contribution is 2.28. The lowest BCUT2D eigenvalue weighted by Crippen LogP contribution is -2.23. The van der Waals surface area contributed by atoms with Gasteiger partial charge in [-0.25, -0.2) is 14.8 Å². The number of rotatable bonds is 17. The molecule has 4 heterocycles. The normalized spacial score (nSPS) is 9.73. The van der Waals surface area contributed by atoms with Crippen molar-refractivity contribution >= 4 is 68.1 Å². The zero-order valence-corrected chi connectivity index (χ0v) is 38.6. The number of hydrogen-bond donors (Lipinski definition) is 5. The molecule has 0 radical (unpaired) electrons. The summed E-state index contributed by atoms with van der Waals surface area (Å²) in [5.41, 5.74) is 11.1. The number of pyridine rings is 2. The summed E-state index contributed by atoms with van der Waals surface area (Å²) in [5.74, 6) is 10.8. The molecule has 13 nitrogen and oxygen atoms in total. The van der Waals surface area contributed by atoms with Gasteiger partial charge in [0.25, 0.3) is 5.91 Å². The second-order valence-corrected chi connectivity index (χ2v) is 14.8. The van der Waals surface area contributed by atoms with Crippen LogP contribution in [0.2, 0.25) is 0 Å². The van der Waals surface area contributed by atoms with Crippen LogP contribution in [0.3, 0.4) is 0 Å². The summed E-state index contributed by atoms with van der Waals surface area (Å²) < 4.78 is 36.0. The Hall–Kier alpha value is -6.85. The number of aryl methyl sites for hydroxylation is 2. The minimum Gasteiger partial charge on any atom is -0.493 e. The van der Waals surface area contributed by atoms with Gasteiger partial charge >= 0.3 is 5.97 Å². The van der Waals surface area contributed by atoms with E-state index in [1.165, 1.54) is 30.7 Å². The largest absolute Gasteiger partial charge is 0.493 e. The number of carboxylic acid groups (broad SMARTS) is 1. The average Bonchev–Trinajstić information content (AvgIpc) is 4.04. The lowest BCUT2D eigenvalue weighted by Gasteiger charge is -2.06. The molecule has 2 aromatic carbocycles. The van der Waals surface area contributed by atoms with Crippen LogP contribution < -0.4 is 30.0 Å². The van der Waals surface area contributed by atoms with E-state index in [0.717, 1.165) is 84.3 Å². The summed E-state index contributed by atoms with van der Waals surface area (Å²) in [6, 6.07) is 18.5. The van der Waals surface area contributed by atoms with E-state index in [0.29, 0.717) is 40.7 Å². The molecular formula is C51H63FN6O7S2. The third kappa shape index (κ3) is 20.1. The summed E-state index contributed by atoms with van der Waals surface area (Å²) in [6.07, 6.45) is 14.7. The fourth-order valence-electron chi connectivity index (χ4n) is 6.18. The van der Waals surface area contributed by atoms with Crippen LogP contribution in [0.25, 0.3) is 22.1 Å². The third-order valence-corrected chi connectivity index (χ3v) is 10.2. The van der Waals surface area contributed by atoms with Crippen molar-refractivity contribution in [1.29, 1.82) is 0 Å². The maximum absolute atomic E-state index is 12.0. The number of amides is 1. The molecule has 4 aromatic heterocycles. The van der Waals surface area contributed by atoms with E-state index >= 15 is 0 Å². The molecule has 1 amide bonds. The Labute approximate surface area is 406 Å². The molecule has 16 heteroatoms. The first-order valence-electron chi connectivity index (χ1n) is 21.1. The molecule has 0 bridgehead atoms. The maximum atomic E-state index is 12.0. The van der Waals surface area contributed by atoms with Crippen molar-refractivity contribution in [3.05, 3.63) is 108 Å². The zero-order valence-electron chi connectivity index (χ0n) is 37.9. The number of hydrogen-bond acceptors (Lipinski definition) is 11. The number of alkyl halides is 1. The molecule has 6 aromatic rings. The van der Waals surface area contributed by atoms with Gasteiger partial charge in [-0.15, -0.1) is 0 Å². The van der Waals surface area contributed by atoms with Crippen molar-refractivity contribution in [3.8, 4) is 46.7 Å². The van der Waals surface area contributed by atoms with E-state index < -0.39 is 13.1 Å². The van der Waals surface area contributed by atoms with E-state index in [4.69, 9.17) is 55.6 Å². The van der Waals surface area contributed by atoms with Gasteiger partial charge in [0, 0.05) is 65.1 Å². The number of aromatic nitrogens is 4. The number of nitrogens with one attached hydrogen (secondary N) is 3. The Morgan fingerprint density at radius 2 is 1.16 bits per heavy atom. The van der Waals surface area contributed by atoms with Crippen LogP contribution in [-0.2, 0) is 22.4 Å². The number of benzene rings is 2. The number of thiocarbonyl (C=S) groups is 2. The lowest BCUT2D eigenvalue weighted by molar-refractivity contribution is -0.130. The summed E-state index contributed by atoms with van der Waals surface area (Å²) in [4.78, 5) is 39.1. The van der Waals surface area contributed by atoms with Crippen molar-refractivity contribution in [2.45, 2.75) is 66.2 Å². The van der Waals surface area contributed by atoms with Gasteiger partial charge in [0.2, 0.25) is 0 Å². The van der Waals surface area contributed by atoms with E-state index in [2.05, 4.69) is 55.1 Å². The summed E-state index contributed by atoms with van der Waals surface area (Å²) >= 11 is 10.8. The zero-order chi connectivity index (χ0) is 48.1. The average molecular weight is 956 g/mol. The van der Waals surface area contributed by atoms with Crippen LogP contribution in [-0.4, -0.2) is 95.3 Å². The first-order chi connectivity index (χ1) is 32.0. The molecule has 358 valence electrons. The number of methoxy groups -OCH3 is 4. The maximum Gasteiger partial charge on any atom is 0.382 e. The van der Waals surface area contributed by atoms with Crippen LogP contribution in [0.15, 0.2) is 85.5 Å². The Morgan fingerprint density at radius 1 is 0.716 bits per heavy atom. The number of H-pyrrole nitrogens is 2. The molecule has 0 saturated carbocycles. The number of carboxylic acids is 1. The minimum absolute atomic E-state index is 0. The second kappa shape index (κ2) is 32.7. The van der Waals surface area contributed by atoms with E-state index in [-0.39, 0.29) is 20.8 Å². The highest BCUT2D eigenvalue weighted by Gasteiger charge is 2.08. The van der Waals surface area contributed by atoms with Crippen molar-refractivity contribution < 1.29 is 39.4 Å². The third-order valence-electron chi connectivity index (χ3n) is 9.43. The van der Waals surface area contributed by atoms with E-state index in [9.17, 15) is 14.0 Å². The minimum atomic E-state index is -1.16. The molecule has 6 N–H and O–H groups in total. The van der Waals surface area contributed by atoms with Gasteiger partial charge in [-0.2, -0.15) is 0 Å². The Kier molecular flexibility index (Phi) is 27.5. The molecule has 0 aliphatic carbocycles. The van der Waals surface area contributed by atoms with Gasteiger partial charge in [-0.05, 0) is 139 Å². The molecule has 67 heavy (non-hydrogen) atoms. The molecule has 0 aliphatic heterocycles. The smallest absolute Gasteiger partial charge is 0.382 e. The standard InChI is InChI=1S/C24H25N3O3S.C13H17N3S.C11H10O4.CH3F.2CH4/c1-29-21-9-5-17(16-22(21)30-2)6-10-23(28)25-13-3-4-19(31)8-7-18-11-14-26-24-20(18)12-15-27-24;14-7-1-2-11(17)4-3-10-5-8-15-13-12(10)6-9-16-13;1-14-9-5-3-8(4-6-11(12)13)7-10(9)15-2;1-2;;/h5,9,11-12,14-16H,3-4,7-8,13H2,1-2H3,(H,25,28)(H,26,27);5-6,8-9H,1-4,7,14H2,(H,15,16);3,5,7H,1-2H3,(H,12,13);1H3;2*1H4/i;;;1D;;. The topological polar surface area (TPSA) is 187 Å². The van der Waals surface area contributed by atoms with Crippen LogP contribution in [0.5, 0.6) is 23.0 Å². The SMILES string of the molecule is C.C.COc1ccc(C#CC(=O)NCCCC(=S)CCc2ccnc3[nH]ccc23)cc1OC.COc1ccc(C#CC(=O)O)cc1OC.NCCCC(=S)CCc1ccnc2[nH]ccc12.[2H]CF. The predicted octanol–water partition coefficient (Wildman–Crippen LogP) is 9.43. The van der Waals surface area contributed by atoms with Gasteiger partial charge in [-0.3, -0.25) is 9.18 Å². The molecule has 0 atom stereocenters. The Bertz CT molecular complexity index is 2630. The van der Waals surface area contributed by atoms with Crippen LogP contribution >= 0.6 is 24.4 Å². The molecule has 0 aliphatic rings. The summed E-state index contributed by atoms with van der Waals surface area (Å²) in [5, 5.41) is 13.5. The first-order valence-corrected chi connectivity index (χ1v) is 21.2. The quantitative estimate of drug-likeness (QED) is 0.0332. The molecule has 0 saturated heterocycles. The van der Waals surface area contributed by atoms with Gasteiger partial charge in [0.1, 0.15) is 11.3 Å². The van der Waals surface area contributed by atoms with Crippen molar-refractivity contribution in [2.75, 3.05) is 48.7 Å². The summed E-state index contributed by atoms with van der Waals surface area (Å²) in [7, 11) is 5.17.